The van der Waals surface area contributed by atoms with Crippen molar-refractivity contribution >= 4 is 11.8 Å². The number of carbonyl (C=O) groups excluding carboxylic acids is 2. The predicted octanol–water partition coefficient (Wildman–Crippen LogP) is 2.50. The zero-order valence-corrected chi connectivity index (χ0v) is 16.8. The number of likely N-dealkylation sites (tertiary alicyclic amines) is 1. The van der Waals surface area contributed by atoms with E-state index in [1.165, 1.54) is 19.8 Å². The van der Waals surface area contributed by atoms with Crippen molar-refractivity contribution in [1.29, 1.82) is 0 Å². The van der Waals surface area contributed by atoms with Crippen LogP contribution in [-0.2, 0) is 9.59 Å². The maximum absolute atomic E-state index is 12.3. The van der Waals surface area contributed by atoms with Crippen molar-refractivity contribution in [3.05, 3.63) is 29.8 Å². The van der Waals surface area contributed by atoms with Gasteiger partial charge in [0.2, 0.25) is 11.8 Å². The molecule has 0 aromatic heterocycles. The average Bonchev–Trinajstić information content (AvgIpc) is 2.66. The van der Waals surface area contributed by atoms with Gasteiger partial charge in [-0.1, -0.05) is 19.1 Å². The Morgan fingerprint density at radius 2 is 1.89 bits per heavy atom. The summed E-state index contributed by atoms with van der Waals surface area (Å²) in [5.41, 5.74) is 0.892. The number of ether oxygens (including phenoxy) is 1. The van der Waals surface area contributed by atoms with Crippen molar-refractivity contribution in [2.24, 2.45) is 5.92 Å². The Hall–Kier alpha value is -2.08. The van der Waals surface area contributed by atoms with Crippen molar-refractivity contribution in [2.45, 2.75) is 45.6 Å². The Bertz CT molecular complexity index is 595. The molecule has 0 unspecified atom stereocenters. The van der Waals surface area contributed by atoms with E-state index in [9.17, 15) is 9.59 Å². The van der Waals surface area contributed by atoms with Crippen molar-refractivity contribution in [3.8, 4) is 5.75 Å². The molecule has 1 fully saturated rings. The minimum atomic E-state index is -0.336. The maximum atomic E-state index is 12.3. The summed E-state index contributed by atoms with van der Waals surface area (Å²) in [6, 6.07) is 7.09. The molecular weight excluding hydrogens is 342 g/mol. The Labute approximate surface area is 162 Å². The largest absolute Gasteiger partial charge is 0.497 e. The molecular formula is C21H33N3O3. The first-order valence-electron chi connectivity index (χ1n) is 9.88. The molecule has 1 saturated heterocycles. The first-order chi connectivity index (χ1) is 13.0. The SMILES string of the molecule is COc1ccc([C@@H](CC(=O)NCCCN2CCC(C)CC2)NC(C)=O)cc1. The van der Waals surface area contributed by atoms with Gasteiger partial charge in [-0.05, 0) is 62.5 Å². The van der Waals surface area contributed by atoms with E-state index in [0.29, 0.717) is 6.54 Å². The zero-order chi connectivity index (χ0) is 19.6. The zero-order valence-electron chi connectivity index (χ0n) is 16.8. The highest BCUT2D eigenvalue weighted by molar-refractivity contribution is 5.79. The molecule has 27 heavy (non-hydrogen) atoms. The number of amides is 2. The number of methoxy groups -OCH3 is 1. The molecule has 1 aliphatic heterocycles. The molecule has 2 amide bonds. The lowest BCUT2D eigenvalue weighted by atomic mass is 9.99. The summed E-state index contributed by atoms with van der Waals surface area (Å²) in [5, 5.41) is 5.85. The molecule has 0 spiro atoms. The molecule has 6 heteroatoms. The van der Waals surface area contributed by atoms with Crippen LogP contribution in [0.15, 0.2) is 24.3 Å². The second kappa shape index (κ2) is 10.9. The average molecular weight is 376 g/mol. The Morgan fingerprint density at radius 1 is 1.22 bits per heavy atom. The number of hydrogen-bond acceptors (Lipinski definition) is 4. The maximum Gasteiger partial charge on any atom is 0.222 e. The van der Waals surface area contributed by atoms with Crippen LogP contribution in [0.5, 0.6) is 5.75 Å². The van der Waals surface area contributed by atoms with Crippen LogP contribution >= 0.6 is 0 Å². The summed E-state index contributed by atoms with van der Waals surface area (Å²) < 4.78 is 5.16. The van der Waals surface area contributed by atoms with Gasteiger partial charge in [-0.25, -0.2) is 0 Å². The molecule has 6 nitrogen and oxygen atoms in total. The molecule has 150 valence electrons. The molecule has 1 aliphatic rings. The van der Waals surface area contributed by atoms with Gasteiger partial charge >= 0.3 is 0 Å². The van der Waals surface area contributed by atoms with Crippen LogP contribution in [0.4, 0.5) is 0 Å². The van der Waals surface area contributed by atoms with Crippen molar-refractivity contribution in [3.63, 3.8) is 0 Å². The Kier molecular flexibility index (Phi) is 8.58. The first kappa shape index (κ1) is 21.2. The van der Waals surface area contributed by atoms with Gasteiger partial charge in [-0.15, -0.1) is 0 Å². The normalized spacial score (nSPS) is 16.6. The van der Waals surface area contributed by atoms with Gasteiger partial charge in [0.05, 0.1) is 19.6 Å². The van der Waals surface area contributed by atoms with E-state index in [4.69, 9.17) is 4.74 Å². The summed E-state index contributed by atoms with van der Waals surface area (Å²) in [4.78, 5) is 26.3. The predicted molar refractivity (Wildman–Crippen MR) is 107 cm³/mol. The Morgan fingerprint density at radius 3 is 2.48 bits per heavy atom. The number of rotatable bonds is 9. The van der Waals surface area contributed by atoms with E-state index < -0.39 is 0 Å². The summed E-state index contributed by atoms with van der Waals surface area (Å²) in [7, 11) is 1.61. The molecule has 1 aromatic rings. The lowest BCUT2D eigenvalue weighted by Crippen LogP contribution is -2.36. The van der Waals surface area contributed by atoms with Crippen LogP contribution in [-0.4, -0.2) is 50.0 Å². The van der Waals surface area contributed by atoms with Crippen molar-refractivity contribution in [1.82, 2.24) is 15.5 Å². The fraction of sp³-hybridized carbons (Fsp3) is 0.619. The van der Waals surface area contributed by atoms with Crippen LogP contribution in [0.2, 0.25) is 0 Å². The van der Waals surface area contributed by atoms with Gasteiger partial charge < -0.3 is 20.3 Å². The highest BCUT2D eigenvalue weighted by atomic mass is 16.5. The third-order valence-electron chi connectivity index (χ3n) is 5.13. The van der Waals surface area contributed by atoms with Crippen LogP contribution in [0.1, 0.15) is 51.1 Å². The van der Waals surface area contributed by atoms with Crippen LogP contribution in [0, 0.1) is 5.92 Å². The highest BCUT2D eigenvalue weighted by Gasteiger charge is 2.18. The van der Waals surface area contributed by atoms with E-state index in [-0.39, 0.29) is 24.3 Å². The van der Waals surface area contributed by atoms with Crippen molar-refractivity contribution < 1.29 is 14.3 Å². The molecule has 0 bridgehead atoms. The van der Waals surface area contributed by atoms with E-state index in [1.807, 2.05) is 24.3 Å². The number of benzene rings is 1. The van der Waals surface area contributed by atoms with Crippen LogP contribution in [0.25, 0.3) is 0 Å². The van der Waals surface area contributed by atoms with Gasteiger partial charge in [-0.3, -0.25) is 9.59 Å². The van der Waals surface area contributed by atoms with Gasteiger partial charge in [0.15, 0.2) is 0 Å². The number of piperidine rings is 1. The fourth-order valence-corrected chi connectivity index (χ4v) is 3.41. The molecule has 2 N–H and O–H groups in total. The number of hydrogen-bond donors (Lipinski definition) is 2. The topological polar surface area (TPSA) is 70.7 Å². The van der Waals surface area contributed by atoms with Gasteiger partial charge in [-0.2, -0.15) is 0 Å². The molecule has 1 heterocycles. The standard InChI is InChI=1S/C21H33N3O3/c1-16-9-13-24(14-10-16)12-4-11-22-21(26)15-20(23-17(2)25)18-5-7-19(27-3)8-6-18/h5-8,16,20H,4,9-15H2,1-3H3,(H,22,26)(H,23,25)/t20-/m1/s1. The number of nitrogens with zero attached hydrogens (tertiary/aromatic N) is 1. The second-order valence-corrected chi connectivity index (χ2v) is 7.46. The lowest BCUT2D eigenvalue weighted by Gasteiger charge is -2.30. The second-order valence-electron chi connectivity index (χ2n) is 7.46. The summed E-state index contributed by atoms with van der Waals surface area (Å²) >= 11 is 0. The minimum Gasteiger partial charge on any atom is -0.497 e. The summed E-state index contributed by atoms with van der Waals surface area (Å²) in [5.74, 6) is 1.39. The lowest BCUT2D eigenvalue weighted by molar-refractivity contribution is -0.122. The van der Waals surface area contributed by atoms with Crippen LogP contribution in [0.3, 0.4) is 0 Å². The number of nitrogens with one attached hydrogen (secondary N) is 2. The first-order valence-corrected chi connectivity index (χ1v) is 9.88. The smallest absolute Gasteiger partial charge is 0.222 e. The highest BCUT2D eigenvalue weighted by Crippen LogP contribution is 2.20. The van der Waals surface area contributed by atoms with E-state index in [0.717, 1.165) is 43.3 Å². The molecule has 2 rings (SSSR count). The van der Waals surface area contributed by atoms with Crippen molar-refractivity contribution in [2.75, 3.05) is 33.3 Å². The fourth-order valence-electron chi connectivity index (χ4n) is 3.41. The molecule has 0 aliphatic carbocycles. The third kappa shape index (κ3) is 7.59. The Balaban J connectivity index is 1.76. The van der Waals surface area contributed by atoms with E-state index in [2.05, 4.69) is 22.5 Å². The molecule has 1 aromatic carbocycles. The van der Waals surface area contributed by atoms with Gasteiger partial charge in [0.25, 0.3) is 0 Å². The number of carbonyl (C=O) groups is 2. The van der Waals surface area contributed by atoms with E-state index >= 15 is 0 Å². The quantitative estimate of drug-likeness (QED) is 0.651. The third-order valence-corrected chi connectivity index (χ3v) is 5.13. The monoisotopic (exact) mass is 375 g/mol. The molecule has 0 radical (unpaired) electrons. The summed E-state index contributed by atoms with van der Waals surface area (Å²) in [6.07, 6.45) is 3.72. The van der Waals surface area contributed by atoms with E-state index in [1.54, 1.807) is 7.11 Å². The molecule has 0 saturated carbocycles. The van der Waals surface area contributed by atoms with Gasteiger partial charge in [0, 0.05) is 13.5 Å². The van der Waals surface area contributed by atoms with Crippen LogP contribution < -0.4 is 15.4 Å². The molecule has 1 atom stereocenters. The van der Waals surface area contributed by atoms with Gasteiger partial charge in [0.1, 0.15) is 5.75 Å². The summed E-state index contributed by atoms with van der Waals surface area (Å²) in [6.45, 7) is 7.80. The minimum absolute atomic E-state index is 0.0446.